The van der Waals surface area contributed by atoms with Crippen LogP contribution < -0.4 is 10.6 Å². The van der Waals surface area contributed by atoms with Gasteiger partial charge in [0.05, 0.1) is 0 Å². The van der Waals surface area contributed by atoms with E-state index in [2.05, 4.69) is 15.5 Å². The van der Waals surface area contributed by atoms with Gasteiger partial charge in [-0.15, -0.1) is 0 Å². The largest absolute Gasteiger partial charge is 0.317 e. The maximum atomic E-state index is 3.50. The topological polar surface area (TPSA) is 27.3 Å². The maximum absolute atomic E-state index is 3.50. The summed E-state index contributed by atoms with van der Waals surface area (Å²) in [4.78, 5) is 2.63. The summed E-state index contributed by atoms with van der Waals surface area (Å²) in [6.07, 6.45) is 5.39. The van der Waals surface area contributed by atoms with Crippen molar-refractivity contribution in [2.75, 3.05) is 32.8 Å². The molecular weight excluding hydrogens is 186 g/mol. The Bertz CT molecular complexity index is 136. The van der Waals surface area contributed by atoms with Crippen molar-refractivity contribution in [3.05, 3.63) is 0 Å². The molecule has 0 aromatic heterocycles. The van der Waals surface area contributed by atoms with E-state index < -0.39 is 0 Å². The van der Waals surface area contributed by atoms with Gasteiger partial charge in [0.15, 0.2) is 0 Å². The molecule has 0 atom stereocenters. The number of nitrogens with zero attached hydrogens (tertiary/aromatic N) is 1. The van der Waals surface area contributed by atoms with E-state index in [4.69, 9.17) is 0 Å². The summed E-state index contributed by atoms with van der Waals surface area (Å²) in [7, 11) is 0. The maximum Gasteiger partial charge on any atom is 0.0483 e. The molecule has 0 aromatic rings. The van der Waals surface area contributed by atoms with Crippen LogP contribution in [-0.4, -0.2) is 43.8 Å². The van der Waals surface area contributed by atoms with Crippen LogP contribution in [0.5, 0.6) is 0 Å². The van der Waals surface area contributed by atoms with Gasteiger partial charge in [-0.05, 0) is 51.9 Å². The number of rotatable bonds is 1. The lowest BCUT2D eigenvalue weighted by Crippen LogP contribution is -2.46. The predicted octanol–water partition coefficient (Wildman–Crippen LogP) is 1.41. The molecule has 3 heteroatoms. The molecule has 0 bridgehead atoms. The predicted molar refractivity (Wildman–Crippen MR) is 66.0 cm³/mol. The average Bonchev–Trinajstić information content (AvgIpc) is 2.61. The van der Waals surface area contributed by atoms with Gasteiger partial charge in [-0.25, -0.2) is 0 Å². The van der Waals surface area contributed by atoms with E-state index >= 15 is 0 Å². The second-order valence-corrected chi connectivity index (χ2v) is 4.16. The Hall–Kier alpha value is -0.120. The molecule has 2 aliphatic rings. The van der Waals surface area contributed by atoms with E-state index in [9.17, 15) is 0 Å². The fraction of sp³-hybridized carbons (Fsp3) is 1.00. The summed E-state index contributed by atoms with van der Waals surface area (Å²) in [6.45, 7) is 10.0. The van der Waals surface area contributed by atoms with Gasteiger partial charge in [0.25, 0.3) is 0 Å². The molecule has 0 unspecified atom stereocenters. The van der Waals surface area contributed by atoms with E-state index in [1.54, 1.807) is 0 Å². The van der Waals surface area contributed by atoms with Crippen molar-refractivity contribution >= 4 is 0 Å². The lowest BCUT2D eigenvalue weighted by Gasteiger charge is -2.33. The average molecular weight is 213 g/mol. The Morgan fingerprint density at radius 1 is 0.933 bits per heavy atom. The third kappa shape index (κ3) is 4.49. The molecule has 0 saturated carbocycles. The minimum Gasteiger partial charge on any atom is -0.317 e. The van der Waals surface area contributed by atoms with Gasteiger partial charge in [0.2, 0.25) is 0 Å². The molecule has 3 nitrogen and oxygen atoms in total. The van der Waals surface area contributed by atoms with Crippen LogP contribution in [0.15, 0.2) is 0 Å². The molecule has 0 aromatic carbocycles. The minimum absolute atomic E-state index is 0.840. The van der Waals surface area contributed by atoms with Crippen LogP contribution in [0, 0.1) is 0 Å². The number of hydrogen-bond donors (Lipinski definition) is 2. The molecule has 0 amide bonds. The van der Waals surface area contributed by atoms with Crippen LogP contribution in [0.1, 0.15) is 39.5 Å². The van der Waals surface area contributed by atoms with Gasteiger partial charge in [-0.3, -0.25) is 4.90 Å². The second kappa shape index (κ2) is 8.08. The van der Waals surface area contributed by atoms with Crippen molar-refractivity contribution in [3.8, 4) is 0 Å². The Morgan fingerprint density at radius 2 is 1.67 bits per heavy atom. The van der Waals surface area contributed by atoms with Crippen LogP contribution in [0.4, 0.5) is 0 Å². The molecule has 0 aliphatic carbocycles. The number of hydrogen-bond acceptors (Lipinski definition) is 3. The van der Waals surface area contributed by atoms with E-state index in [-0.39, 0.29) is 0 Å². The molecule has 0 radical (unpaired) electrons. The van der Waals surface area contributed by atoms with Crippen LogP contribution in [0.2, 0.25) is 0 Å². The fourth-order valence-corrected chi connectivity index (χ4v) is 2.35. The van der Waals surface area contributed by atoms with Gasteiger partial charge in [-0.1, -0.05) is 13.8 Å². The SMILES string of the molecule is C1CCN(C2CCNCC2)CNC1.CC. The molecule has 2 fully saturated rings. The summed E-state index contributed by atoms with van der Waals surface area (Å²) in [5.41, 5.74) is 0. The molecule has 15 heavy (non-hydrogen) atoms. The number of nitrogens with one attached hydrogen (secondary N) is 2. The molecule has 2 saturated heterocycles. The Labute approximate surface area is 94.6 Å². The van der Waals surface area contributed by atoms with Crippen LogP contribution in [0.3, 0.4) is 0 Å². The fourth-order valence-electron chi connectivity index (χ4n) is 2.35. The van der Waals surface area contributed by atoms with Crippen molar-refractivity contribution in [1.82, 2.24) is 15.5 Å². The summed E-state index contributed by atoms with van der Waals surface area (Å²) < 4.78 is 0. The minimum atomic E-state index is 0.840. The summed E-state index contributed by atoms with van der Waals surface area (Å²) in [6, 6.07) is 0.840. The zero-order valence-corrected chi connectivity index (χ0v) is 10.4. The Kier molecular flexibility index (Phi) is 6.98. The first kappa shape index (κ1) is 12.9. The summed E-state index contributed by atoms with van der Waals surface area (Å²) >= 11 is 0. The van der Waals surface area contributed by atoms with Crippen LogP contribution in [0.25, 0.3) is 0 Å². The first-order chi connectivity index (χ1) is 7.47. The Morgan fingerprint density at radius 3 is 2.40 bits per heavy atom. The normalized spacial score (nSPS) is 25.2. The van der Waals surface area contributed by atoms with Crippen LogP contribution >= 0.6 is 0 Å². The van der Waals surface area contributed by atoms with Crippen molar-refractivity contribution in [3.63, 3.8) is 0 Å². The number of piperidine rings is 1. The standard InChI is InChI=1S/C10H21N3.C2H6/c1-2-8-13(9-12-5-1)10-3-6-11-7-4-10;1-2/h10-12H,1-9H2;1-2H3. The van der Waals surface area contributed by atoms with Gasteiger partial charge < -0.3 is 10.6 Å². The molecule has 2 aliphatic heterocycles. The van der Waals surface area contributed by atoms with Crippen molar-refractivity contribution < 1.29 is 0 Å². The zero-order chi connectivity index (χ0) is 10.9. The highest BCUT2D eigenvalue weighted by atomic mass is 15.2. The third-order valence-electron chi connectivity index (χ3n) is 3.19. The van der Waals surface area contributed by atoms with E-state index in [1.807, 2.05) is 13.8 Å². The third-order valence-corrected chi connectivity index (χ3v) is 3.19. The van der Waals surface area contributed by atoms with Crippen molar-refractivity contribution in [2.24, 2.45) is 0 Å². The lowest BCUT2D eigenvalue weighted by atomic mass is 10.1. The smallest absolute Gasteiger partial charge is 0.0483 e. The molecule has 90 valence electrons. The van der Waals surface area contributed by atoms with Gasteiger partial charge in [-0.2, -0.15) is 0 Å². The monoisotopic (exact) mass is 213 g/mol. The first-order valence-electron chi connectivity index (χ1n) is 6.62. The first-order valence-corrected chi connectivity index (χ1v) is 6.62. The zero-order valence-electron chi connectivity index (χ0n) is 10.4. The van der Waals surface area contributed by atoms with Crippen molar-refractivity contribution in [2.45, 2.75) is 45.6 Å². The summed E-state index contributed by atoms with van der Waals surface area (Å²) in [5.74, 6) is 0. The molecular formula is C12H27N3. The molecule has 2 N–H and O–H groups in total. The quantitative estimate of drug-likeness (QED) is 0.689. The van der Waals surface area contributed by atoms with E-state index in [0.717, 1.165) is 12.7 Å². The van der Waals surface area contributed by atoms with E-state index in [1.165, 1.54) is 51.9 Å². The lowest BCUT2D eigenvalue weighted by molar-refractivity contribution is 0.160. The van der Waals surface area contributed by atoms with Gasteiger partial charge in [0, 0.05) is 12.7 Å². The van der Waals surface area contributed by atoms with Crippen LogP contribution in [-0.2, 0) is 0 Å². The van der Waals surface area contributed by atoms with Gasteiger partial charge in [0.1, 0.15) is 0 Å². The molecule has 2 rings (SSSR count). The summed E-state index contributed by atoms with van der Waals surface area (Å²) in [5, 5.41) is 6.92. The highest BCUT2D eigenvalue weighted by Crippen LogP contribution is 2.13. The highest BCUT2D eigenvalue weighted by Gasteiger charge is 2.20. The Balaban J connectivity index is 0.000000531. The molecule has 0 spiro atoms. The molecule has 2 heterocycles. The second-order valence-electron chi connectivity index (χ2n) is 4.16. The van der Waals surface area contributed by atoms with Crippen molar-refractivity contribution in [1.29, 1.82) is 0 Å². The van der Waals surface area contributed by atoms with Gasteiger partial charge >= 0.3 is 0 Å². The van der Waals surface area contributed by atoms with E-state index in [0.29, 0.717) is 0 Å². The highest BCUT2D eigenvalue weighted by molar-refractivity contribution is 4.78.